The van der Waals surface area contributed by atoms with Gasteiger partial charge in [-0.2, -0.15) is 0 Å². The van der Waals surface area contributed by atoms with Gasteiger partial charge in [-0.15, -0.1) is 0 Å². The van der Waals surface area contributed by atoms with Gasteiger partial charge in [0.25, 0.3) is 0 Å². The van der Waals surface area contributed by atoms with Gasteiger partial charge in [-0.25, -0.2) is 0 Å². The van der Waals surface area contributed by atoms with E-state index in [1.807, 2.05) is 6.92 Å². The third kappa shape index (κ3) is 3.97. The van der Waals surface area contributed by atoms with Crippen molar-refractivity contribution in [2.45, 2.75) is 70.9 Å². The maximum Gasteiger partial charge on any atom is 0.316 e. The zero-order chi connectivity index (χ0) is 19.8. The molecule has 6 heteroatoms. The first-order valence-electron chi connectivity index (χ1n) is 9.20. The molecule has 1 heterocycles. The quantitative estimate of drug-likeness (QED) is 0.466. The first kappa shape index (κ1) is 20.9. The van der Waals surface area contributed by atoms with Crippen molar-refractivity contribution in [2.75, 3.05) is 6.61 Å². The smallest absolute Gasteiger partial charge is 0.316 e. The summed E-state index contributed by atoms with van der Waals surface area (Å²) < 4.78 is 16.9. The molecule has 0 fully saturated rings. The number of furan rings is 1. The van der Waals surface area contributed by atoms with Gasteiger partial charge in [0, 0.05) is 12.0 Å². The van der Waals surface area contributed by atoms with Crippen molar-refractivity contribution >= 4 is 14.3 Å². The summed E-state index contributed by atoms with van der Waals surface area (Å²) in [5.74, 6) is -1.21. The molecule has 0 radical (unpaired) electrons. The van der Waals surface area contributed by atoms with Crippen LogP contribution in [-0.4, -0.2) is 32.1 Å². The molecule has 0 spiro atoms. The van der Waals surface area contributed by atoms with Crippen LogP contribution in [0.15, 0.2) is 34.7 Å². The molecular formula is C20H32O5Si. The number of rotatable bonds is 5. The second-order valence-corrected chi connectivity index (χ2v) is 13.4. The molecule has 0 saturated heterocycles. The lowest BCUT2D eigenvalue weighted by molar-refractivity contribution is -0.158. The average molecular weight is 381 g/mol. The number of hydrogen-bond acceptors (Lipinski definition) is 5. The van der Waals surface area contributed by atoms with E-state index in [0.29, 0.717) is 12.0 Å². The highest BCUT2D eigenvalue weighted by atomic mass is 28.4. The molecule has 0 amide bonds. The Hall–Kier alpha value is -1.37. The Morgan fingerprint density at radius 3 is 2.58 bits per heavy atom. The summed E-state index contributed by atoms with van der Waals surface area (Å²) >= 11 is 0. The third-order valence-corrected chi connectivity index (χ3v) is 10.2. The molecule has 26 heavy (non-hydrogen) atoms. The molecule has 146 valence electrons. The summed E-state index contributed by atoms with van der Waals surface area (Å²) in [6.07, 6.45) is 4.84. The van der Waals surface area contributed by atoms with Crippen LogP contribution in [-0.2, 0) is 19.6 Å². The van der Waals surface area contributed by atoms with Crippen LogP contribution in [0.4, 0.5) is 0 Å². The van der Waals surface area contributed by atoms with Crippen LogP contribution in [0.25, 0.3) is 0 Å². The number of aliphatic hydroxyl groups is 1. The van der Waals surface area contributed by atoms with Gasteiger partial charge < -0.3 is 18.7 Å². The minimum atomic E-state index is -2.04. The van der Waals surface area contributed by atoms with E-state index in [2.05, 4.69) is 33.9 Å². The van der Waals surface area contributed by atoms with Crippen LogP contribution in [0.3, 0.4) is 0 Å². The lowest BCUT2D eigenvalue weighted by Crippen LogP contribution is -2.50. The summed E-state index contributed by atoms with van der Waals surface area (Å²) in [6.45, 7) is 14.9. The average Bonchev–Trinajstić information content (AvgIpc) is 3.04. The molecule has 1 aliphatic carbocycles. The van der Waals surface area contributed by atoms with Crippen molar-refractivity contribution < 1.29 is 23.5 Å². The maximum atomic E-state index is 12.5. The van der Waals surface area contributed by atoms with Gasteiger partial charge >= 0.3 is 5.97 Å². The fourth-order valence-corrected chi connectivity index (χ4v) is 4.38. The molecule has 0 aromatic carbocycles. The molecule has 1 aliphatic rings. The van der Waals surface area contributed by atoms with Gasteiger partial charge in [0.05, 0.1) is 25.2 Å². The standard InChI is InChI=1S/C20H32O5Si/c1-8-24-18(21)16-11-14(2)17(25-26(6,7)19(3,4)5)12-20(16,22)15-9-10-23-13-15/h9-11,13,16-17,22H,8,12H2,1-7H3/t16-,17-,20+/m0/s1. The Morgan fingerprint density at radius 2 is 2.08 bits per heavy atom. The van der Waals surface area contributed by atoms with Crippen LogP contribution in [0.5, 0.6) is 0 Å². The largest absolute Gasteiger partial charge is 0.472 e. The maximum absolute atomic E-state index is 12.5. The summed E-state index contributed by atoms with van der Waals surface area (Å²) in [5, 5.41) is 11.6. The van der Waals surface area contributed by atoms with Gasteiger partial charge in [0.1, 0.15) is 11.5 Å². The molecule has 0 saturated carbocycles. The van der Waals surface area contributed by atoms with Crippen molar-refractivity contribution in [1.82, 2.24) is 0 Å². The molecule has 3 atom stereocenters. The van der Waals surface area contributed by atoms with Gasteiger partial charge in [0.2, 0.25) is 0 Å². The molecule has 0 unspecified atom stereocenters. The Bertz CT molecular complexity index is 656. The Morgan fingerprint density at radius 1 is 1.42 bits per heavy atom. The molecule has 2 rings (SSSR count). The van der Waals surface area contributed by atoms with E-state index >= 15 is 0 Å². The minimum Gasteiger partial charge on any atom is -0.472 e. The molecule has 1 N–H and O–H groups in total. The minimum absolute atomic E-state index is 0.0546. The van der Waals surface area contributed by atoms with Gasteiger partial charge in [-0.1, -0.05) is 26.8 Å². The molecular weight excluding hydrogens is 348 g/mol. The second-order valence-electron chi connectivity index (χ2n) is 8.65. The van der Waals surface area contributed by atoms with Crippen LogP contribution in [0, 0.1) is 5.92 Å². The SMILES string of the molecule is CCOC(=O)[C@@H]1C=C(C)[C@@H](O[Si](C)(C)C(C)(C)C)C[C@@]1(O)c1ccoc1. The Labute approximate surface area is 157 Å². The summed E-state index contributed by atoms with van der Waals surface area (Å²) in [4.78, 5) is 12.5. The monoisotopic (exact) mass is 380 g/mol. The van der Waals surface area contributed by atoms with Crippen LogP contribution in [0.2, 0.25) is 18.1 Å². The number of esters is 1. The number of carbonyl (C=O) groups is 1. The van der Waals surface area contributed by atoms with Crippen molar-refractivity contribution in [3.05, 3.63) is 35.8 Å². The van der Waals surface area contributed by atoms with Crippen LogP contribution in [0.1, 0.15) is 46.6 Å². The van der Waals surface area contributed by atoms with E-state index in [1.165, 1.54) is 12.5 Å². The lowest BCUT2D eigenvalue weighted by atomic mass is 9.72. The molecule has 0 bridgehead atoms. The molecule has 1 aromatic rings. The summed E-state index contributed by atoms with van der Waals surface area (Å²) in [7, 11) is -2.04. The predicted octanol–water partition coefficient (Wildman–Crippen LogP) is 4.39. The van der Waals surface area contributed by atoms with Crippen LogP contribution >= 0.6 is 0 Å². The Balaban J connectivity index is 2.41. The molecule has 5 nitrogen and oxygen atoms in total. The summed E-state index contributed by atoms with van der Waals surface area (Å²) in [6, 6.07) is 1.70. The van der Waals surface area contributed by atoms with Crippen molar-refractivity contribution in [3.63, 3.8) is 0 Å². The van der Waals surface area contributed by atoms with Gasteiger partial charge in [-0.3, -0.25) is 4.79 Å². The second kappa shape index (κ2) is 7.33. The molecule has 0 aliphatic heterocycles. The van der Waals surface area contributed by atoms with Gasteiger partial charge in [-0.05, 0) is 43.6 Å². The first-order chi connectivity index (χ1) is 11.9. The van der Waals surface area contributed by atoms with Crippen LogP contribution < -0.4 is 0 Å². The topological polar surface area (TPSA) is 68.9 Å². The van der Waals surface area contributed by atoms with E-state index in [-0.39, 0.29) is 17.7 Å². The molecule has 1 aromatic heterocycles. The fourth-order valence-electron chi connectivity index (χ4n) is 3.05. The predicted molar refractivity (Wildman–Crippen MR) is 103 cm³/mol. The normalized spacial score (nSPS) is 27.2. The summed E-state index contributed by atoms with van der Waals surface area (Å²) in [5.41, 5.74) is 0.121. The highest BCUT2D eigenvalue weighted by Crippen LogP contribution is 2.45. The number of ether oxygens (including phenoxy) is 1. The highest BCUT2D eigenvalue weighted by Gasteiger charge is 2.50. The zero-order valence-electron chi connectivity index (χ0n) is 17.0. The third-order valence-electron chi connectivity index (χ3n) is 5.75. The highest BCUT2D eigenvalue weighted by molar-refractivity contribution is 6.74. The first-order valence-corrected chi connectivity index (χ1v) is 12.1. The number of hydrogen-bond donors (Lipinski definition) is 1. The Kier molecular flexibility index (Phi) is 5.90. The van der Waals surface area contributed by atoms with E-state index < -0.39 is 25.8 Å². The van der Waals surface area contributed by atoms with Crippen molar-refractivity contribution in [1.29, 1.82) is 0 Å². The lowest BCUT2D eigenvalue weighted by Gasteiger charge is -2.45. The van der Waals surface area contributed by atoms with E-state index in [1.54, 1.807) is 19.1 Å². The van der Waals surface area contributed by atoms with E-state index in [0.717, 1.165) is 5.57 Å². The van der Waals surface area contributed by atoms with E-state index in [4.69, 9.17) is 13.6 Å². The van der Waals surface area contributed by atoms with Gasteiger partial charge in [0.15, 0.2) is 8.32 Å². The number of carbonyl (C=O) groups excluding carboxylic acids is 1. The van der Waals surface area contributed by atoms with E-state index in [9.17, 15) is 9.90 Å². The fraction of sp³-hybridized carbons (Fsp3) is 0.650. The van der Waals surface area contributed by atoms with Crippen molar-refractivity contribution in [2.24, 2.45) is 5.92 Å². The zero-order valence-corrected chi connectivity index (χ0v) is 18.0. The van der Waals surface area contributed by atoms with Crippen molar-refractivity contribution in [3.8, 4) is 0 Å².